The van der Waals surface area contributed by atoms with E-state index in [1.807, 2.05) is 67.3 Å². The largest absolute Gasteiger partial charge is 0.311 e. The highest BCUT2D eigenvalue weighted by molar-refractivity contribution is 7.99. The third kappa shape index (κ3) is 3.60. The molecule has 0 saturated carbocycles. The van der Waals surface area contributed by atoms with Gasteiger partial charge in [0.2, 0.25) is 5.91 Å². The molecule has 1 aromatic heterocycles. The second-order valence-corrected chi connectivity index (χ2v) is 9.00. The Morgan fingerprint density at radius 1 is 1.00 bits per heavy atom. The molecule has 32 heavy (non-hydrogen) atoms. The van der Waals surface area contributed by atoms with E-state index in [2.05, 4.69) is 12.1 Å². The molecule has 0 spiro atoms. The van der Waals surface area contributed by atoms with Crippen molar-refractivity contribution in [3.63, 3.8) is 0 Å². The summed E-state index contributed by atoms with van der Waals surface area (Å²) in [7, 11) is 0. The van der Waals surface area contributed by atoms with Crippen molar-refractivity contribution in [2.75, 3.05) is 17.2 Å². The van der Waals surface area contributed by atoms with Crippen LogP contribution in [0.3, 0.4) is 0 Å². The Morgan fingerprint density at radius 2 is 1.78 bits per heavy atom. The molecule has 5 rings (SSSR count). The summed E-state index contributed by atoms with van der Waals surface area (Å²) in [6, 6.07) is 21.4. The molecule has 0 saturated heterocycles. The number of thioether (sulfide) groups is 1. The zero-order valence-corrected chi connectivity index (χ0v) is 18.9. The van der Waals surface area contributed by atoms with Gasteiger partial charge in [-0.2, -0.15) is 0 Å². The quantitative estimate of drug-likeness (QED) is 0.341. The Hall–Kier alpha value is -3.38. The number of hydrogen-bond donors (Lipinski definition) is 0. The summed E-state index contributed by atoms with van der Waals surface area (Å²) in [6.45, 7) is 4.71. The fourth-order valence-corrected chi connectivity index (χ4v) is 5.16. The second-order valence-electron chi connectivity index (χ2n) is 8.05. The smallest absolute Gasteiger partial charge is 0.266 e. The van der Waals surface area contributed by atoms with Crippen LogP contribution >= 0.6 is 11.8 Å². The molecular weight excluding hydrogens is 418 g/mol. The first-order valence-electron chi connectivity index (χ1n) is 10.6. The van der Waals surface area contributed by atoms with Crippen LogP contribution < -0.4 is 10.5 Å². The Labute approximate surface area is 190 Å². The predicted molar refractivity (Wildman–Crippen MR) is 130 cm³/mol. The molecule has 6 heteroatoms. The van der Waals surface area contributed by atoms with E-state index >= 15 is 0 Å². The van der Waals surface area contributed by atoms with E-state index in [1.165, 1.54) is 17.3 Å². The highest BCUT2D eigenvalue weighted by Crippen LogP contribution is 2.29. The number of aryl methyl sites for hydroxylation is 2. The number of rotatable bonds is 4. The molecule has 160 valence electrons. The number of benzene rings is 3. The zero-order chi connectivity index (χ0) is 22.2. The molecule has 0 bridgehead atoms. The lowest BCUT2D eigenvalue weighted by Gasteiger charge is -2.18. The lowest BCUT2D eigenvalue weighted by Crippen LogP contribution is -2.31. The summed E-state index contributed by atoms with van der Waals surface area (Å²) < 4.78 is 1.65. The third-order valence-electron chi connectivity index (χ3n) is 5.85. The number of para-hydroxylation sites is 2. The molecule has 1 aliphatic heterocycles. The molecule has 0 unspecified atom stereocenters. The van der Waals surface area contributed by atoms with Crippen LogP contribution in [0.5, 0.6) is 0 Å². The van der Waals surface area contributed by atoms with Crippen LogP contribution in [-0.2, 0) is 11.2 Å². The molecule has 4 aromatic rings. The molecule has 5 nitrogen and oxygen atoms in total. The number of amides is 1. The summed E-state index contributed by atoms with van der Waals surface area (Å²) in [6.07, 6.45) is 0.869. The topological polar surface area (TPSA) is 55.2 Å². The van der Waals surface area contributed by atoms with Gasteiger partial charge < -0.3 is 4.90 Å². The Morgan fingerprint density at radius 3 is 2.62 bits per heavy atom. The van der Waals surface area contributed by atoms with Crippen LogP contribution in [0, 0.1) is 13.8 Å². The van der Waals surface area contributed by atoms with Crippen molar-refractivity contribution in [1.29, 1.82) is 0 Å². The van der Waals surface area contributed by atoms with Gasteiger partial charge in [0.1, 0.15) is 0 Å². The number of carbonyl (C=O) groups is 1. The number of nitrogens with zero attached hydrogens (tertiary/aromatic N) is 3. The first-order valence-corrected chi connectivity index (χ1v) is 11.6. The van der Waals surface area contributed by atoms with Gasteiger partial charge in [-0.3, -0.25) is 14.2 Å². The number of carbonyl (C=O) groups excluding carboxylic acids is 1. The van der Waals surface area contributed by atoms with Gasteiger partial charge in [0.25, 0.3) is 5.56 Å². The minimum Gasteiger partial charge on any atom is -0.311 e. The number of anilines is 1. The summed E-state index contributed by atoms with van der Waals surface area (Å²) in [5, 5.41) is 1.10. The lowest BCUT2D eigenvalue weighted by atomic mass is 10.1. The van der Waals surface area contributed by atoms with E-state index < -0.39 is 0 Å². The summed E-state index contributed by atoms with van der Waals surface area (Å²) in [5.74, 6) is 0.235. The van der Waals surface area contributed by atoms with Crippen molar-refractivity contribution < 1.29 is 4.79 Å². The molecule has 0 radical (unpaired) electrons. The molecule has 0 N–H and O–H groups in total. The molecule has 2 heterocycles. The first kappa shape index (κ1) is 20.5. The van der Waals surface area contributed by atoms with Gasteiger partial charge in [-0.15, -0.1) is 0 Å². The fourth-order valence-electron chi connectivity index (χ4n) is 4.28. The van der Waals surface area contributed by atoms with E-state index in [0.717, 1.165) is 28.9 Å². The second kappa shape index (κ2) is 8.28. The normalized spacial score (nSPS) is 12.9. The highest BCUT2D eigenvalue weighted by Gasteiger charge is 2.25. The van der Waals surface area contributed by atoms with E-state index in [-0.39, 0.29) is 17.2 Å². The van der Waals surface area contributed by atoms with Crippen molar-refractivity contribution in [2.45, 2.75) is 25.4 Å². The Kier molecular flexibility index (Phi) is 5.31. The minimum absolute atomic E-state index is 0.0227. The molecule has 0 fully saturated rings. The maximum Gasteiger partial charge on any atom is 0.266 e. The van der Waals surface area contributed by atoms with Gasteiger partial charge in [-0.25, -0.2) is 4.98 Å². The fraction of sp³-hybridized carbons (Fsp3) is 0.192. The van der Waals surface area contributed by atoms with Gasteiger partial charge >= 0.3 is 0 Å². The maximum atomic E-state index is 13.5. The van der Waals surface area contributed by atoms with E-state index in [0.29, 0.717) is 22.6 Å². The molecule has 1 aliphatic rings. The minimum atomic E-state index is -0.121. The monoisotopic (exact) mass is 441 g/mol. The van der Waals surface area contributed by atoms with E-state index in [1.54, 1.807) is 10.6 Å². The molecule has 3 aromatic carbocycles. The van der Waals surface area contributed by atoms with Crippen LogP contribution in [0.1, 0.15) is 16.7 Å². The van der Waals surface area contributed by atoms with Crippen molar-refractivity contribution in [3.05, 3.63) is 93.8 Å². The van der Waals surface area contributed by atoms with Crippen LogP contribution in [0.2, 0.25) is 0 Å². The summed E-state index contributed by atoms with van der Waals surface area (Å²) in [4.78, 5) is 33.2. The van der Waals surface area contributed by atoms with Crippen molar-refractivity contribution in [3.8, 4) is 5.69 Å². The predicted octanol–water partition coefficient (Wildman–Crippen LogP) is 4.68. The van der Waals surface area contributed by atoms with Gasteiger partial charge in [0, 0.05) is 12.2 Å². The summed E-state index contributed by atoms with van der Waals surface area (Å²) in [5.41, 5.74) is 5.61. The molecule has 0 aliphatic carbocycles. The van der Waals surface area contributed by atoms with Crippen molar-refractivity contribution in [1.82, 2.24) is 9.55 Å². The molecular formula is C26H23N3O2S. The Bertz CT molecular complexity index is 1410. The zero-order valence-electron chi connectivity index (χ0n) is 18.0. The molecule has 0 atom stereocenters. The van der Waals surface area contributed by atoms with Crippen LogP contribution in [0.4, 0.5) is 5.69 Å². The van der Waals surface area contributed by atoms with Crippen LogP contribution in [-0.4, -0.2) is 27.8 Å². The van der Waals surface area contributed by atoms with Crippen LogP contribution in [0.25, 0.3) is 16.6 Å². The van der Waals surface area contributed by atoms with Gasteiger partial charge in [-0.05, 0) is 55.7 Å². The summed E-state index contributed by atoms with van der Waals surface area (Å²) >= 11 is 1.31. The number of aromatic nitrogens is 2. The lowest BCUT2D eigenvalue weighted by molar-refractivity contribution is -0.116. The van der Waals surface area contributed by atoms with E-state index in [9.17, 15) is 9.59 Å². The average Bonchev–Trinajstić information content (AvgIpc) is 3.23. The van der Waals surface area contributed by atoms with Gasteiger partial charge in [0.15, 0.2) is 5.16 Å². The van der Waals surface area contributed by atoms with Gasteiger partial charge in [-0.1, -0.05) is 59.8 Å². The Balaban J connectivity index is 1.53. The van der Waals surface area contributed by atoms with Crippen molar-refractivity contribution in [2.24, 2.45) is 0 Å². The first-order chi connectivity index (χ1) is 15.5. The number of hydrogen-bond acceptors (Lipinski definition) is 4. The third-order valence-corrected chi connectivity index (χ3v) is 6.77. The maximum absolute atomic E-state index is 13.5. The van der Waals surface area contributed by atoms with E-state index in [4.69, 9.17) is 4.98 Å². The SMILES string of the molecule is Cc1ccc(-n2c(SCC(=O)N3CCc4ccccc43)nc3ccccc3c2=O)c(C)c1. The number of fused-ring (bicyclic) bond motifs is 2. The standard InChI is InChI=1S/C26H23N3O2S/c1-17-11-12-22(18(2)15-17)29-25(31)20-8-4-5-9-21(20)27-26(29)32-16-24(30)28-14-13-19-7-3-6-10-23(19)28/h3-12,15H,13-14,16H2,1-2H3. The van der Waals surface area contributed by atoms with Crippen molar-refractivity contribution >= 4 is 34.3 Å². The highest BCUT2D eigenvalue weighted by atomic mass is 32.2. The average molecular weight is 442 g/mol. The van der Waals surface area contributed by atoms with Gasteiger partial charge in [0.05, 0.1) is 22.3 Å². The molecule has 1 amide bonds. The van der Waals surface area contributed by atoms with Crippen LogP contribution in [0.15, 0.2) is 76.7 Å².